The maximum Gasteiger partial charge on any atom is 0.416 e. The van der Waals surface area contributed by atoms with Crippen molar-refractivity contribution in [3.63, 3.8) is 0 Å². The number of benzene rings is 3. The van der Waals surface area contributed by atoms with Crippen LogP contribution in [0.4, 0.5) is 18.9 Å². The third-order valence-electron chi connectivity index (χ3n) is 7.50. The van der Waals surface area contributed by atoms with Gasteiger partial charge in [0.25, 0.3) is 5.91 Å². The Kier molecular flexibility index (Phi) is 9.76. The molecule has 1 saturated heterocycles. The molecule has 3 aromatic rings. The van der Waals surface area contributed by atoms with Gasteiger partial charge in [-0.1, -0.05) is 43.3 Å². The summed E-state index contributed by atoms with van der Waals surface area (Å²) in [5.74, 6) is -0.276. The van der Waals surface area contributed by atoms with E-state index < -0.39 is 21.6 Å². The Bertz CT molecular complexity index is 1420. The third kappa shape index (κ3) is 7.48. The highest BCUT2D eigenvalue weighted by Gasteiger charge is 2.33. The molecule has 4 rings (SSSR count). The Balaban J connectivity index is 1.54. The smallest absolute Gasteiger partial charge is 0.380 e. The lowest BCUT2D eigenvalue weighted by Crippen LogP contribution is -2.46. The number of rotatable bonds is 10. The predicted molar refractivity (Wildman–Crippen MR) is 153 cm³/mol. The number of para-hydroxylation sites is 1. The van der Waals surface area contributed by atoms with E-state index in [-0.39, 0.29) is 35.1 Å². The van der Waals surface area contributed by atoms with E-state index >= 15 is 0 Å². The number of ether oxygens (including phenoxy) is 1. The number of carbonyl (C=O) groups is 1. The number of piperidine rings is 1. The van der Waals surface area contributed by atoms with Crippen LogP contribution in [0.25, 0.3) is 0 Å². The van der Waals surface area contributed by atoms with E-state index in [1.54, 1.807) is 55.5 Å². The van der Waals surface area contributed by atoms with Gasteiger partial charge in [0.15, 0.2) is 9.84 Å². The van der Waals surface area contributed by atoms with Gasteiger partial charge >= 0.3 is 6.18 Å². The summed E-state index contributed by atoms with van der Waals surface area (Å²) in [4.78, 5) is 15.8. The first-order valence-electron chi connectivity index (χ1n) is 13.7. The van der Waals surface area contributed by atoms with E-state index in [4.69, 9.17) is 4.74 Å². The van der Waals surface area contributed by atoms with Gasteiger partial charge in [0, 0.05) is 31.3 Å². The van der Waals surface area contributed by atoms with E-state index in [0.717, 1.165) is 41.8 Å². The van der Waals surface area contributed by atoms with E-state index in [2.05, 4.69) is 10.2 Å². The molecule has 0 spiro atoms. The van der Waals surface area contributed by atoms with Crippen molar-refractivity contribution in [1.82, 2.24) is 5.32 Å². The Morgan fingerprint density at radius 2 is 1.66 bits per heavy atom. The number of halogens is 3. The number of nitrogens with zero attached hydrogens (tertiary/aromatic N) is 1. The van der Waals surface area contributed by atoms with Crippen LogP contribution in [0.5, 0.6) is 0 Å². The van der Waals surface area contributed by atoms with Gasteiger partial charge in [-0.05, 0) is 67.3 Å². The van der Waals surface area contributed by atoms with Crippen LogP contribution < -0.4 is 10.2 Å². The molecule has 3 aromatic carbocycles. The summed E-state index contributed by atoms with van der Waals surface area (Å²) in [6.07, 6.45) is -2.84. The molecule has 2 atom stereocenters. The van der Waals surface area contributed by atoms with Gasteiger partial charge in [0.1, 0.15) is 0 Å². The van der Waals surface area contributed by atoms with Crippen LogP contribution in [-0.4, -0.2) is 45.9 Å². The SMILES string of the molecule is CCOC[C@@H]1CCC(c2ccc(C(F)(F)F)cc2)CN1c1ccccc1C(=O)NCc1ccc(S(=O)(=O)CC)cc1. The normalized spacial score (nSPS) is 17.8. The highest BCUT2D eigenvalue weighted by atomic mass is 32.2. The second kappa shape index (κ2) is 13.1. The minimum Gasteiger partial charge on any atom is -0.380 e. The second-order valence-electron chi connectivity index (χ2n) is 10.1. The van der Waals surface area contributed by atoms with Crippen molar-refractivity contribution in [2.45, 2.75) is 56.3 Å². The molecule has 1 aliphatic rings. The number of anilines is 1. The summed E-state index contributed by atoms with van der Waals surface area (Å²) in [6, 6.07) is 19.1. The number of alkyl halides is 3. The largest absolute Gasteiger partial charge is 0.416 e. The lowest BCUT2D eigenvalue weighted by Gasteiger charge is -2.42. The number of sulfone groups is 1. The molecule has 1 N–H and O–H groups in total. The molecule has 10 heteroatoms. The number of carbonyl (C=O) groups excluding carboxylic acids is 1. The van der Waals surface area contributed by atoms with Gasteiger partial charge in [-0.25, -0.2) is 8.42 Å². The van der Waals surface area contributed by atoms with Crippen LogP contribution >= 0.6 is 0 Å². The van der Waals surface area contributed by atoms with Gasteiger partial charge in [-0.2, -0.15) is 13.2 Å². The first kappa shape index (κ1) is 30.6. The fourth-order valence-corrected chi connectivity index (χ4v) is 6.02. The first-order chi connectivity index (χ1) is 19.5. The Morgan fingerprint density at radius 1 is 0.976 bits per heavy atom. The molecule has 0 saturated carbocycles. The topological polar surface area (TPSA) is 75.7 Å². The molecule has 1 amide bonds. The van der Waals surface area contributed by atoms with Crippen LogP contribution in [0.15, 0.2) is 77.7 Å². The summed E-state index contributed by atoms with van der Waals surface area (Å²) < 4.78 is 69.2. The summed E-state index contributed by atoms with van der Waals surface area (Å²) in [6.45, 7) is 5.28. The molecular formula is C31H35F3N2O4S. The average Bonchev–Trinajstić information content (AvgIpc) is 2.98. The molecule has 1 aliphatic heterocycles. The third-order valence-corrected chi connectivity index (χ3v) is 9.25. The van der Waals surface area contributed by atoms with Crippen molar-refractivity contribution >= 4 is 21.4 Å². The minimum atomic E-state index is -4.39. The molecule has 220 valence electrons. The molecule has 0 aliphatic carbocycles. The van der Waals surface area contributed by atoms with Crippen LogP contribution in [0.1, 0.15) is 59.7 Å². The molecule has 41 heavy (non-hydrogen) atoms. The van der Waals surface area contributed by atoms with Crippen molar-refractivity contribution in [2.75, 3.05) is 30.4 Å². The van der Waals surface area contributed by atoms with E-state index in [0.29, 0.717) is 25.3 Å². The molecule has 6 nitrogen and oxygen atoms in total. The Morgan fingerprint density at radius 3 is 2.29 bits per heavy atom. The van der Waals surface area contributed by atoms with Crippen LogP contribution in [0.3, 0.4) is 0 Å². The standard InChI is InChI=1S/C31H35F3N2O4S/c1-3-40-21-26-16-13-24(23-11-14-25(15-12-23)31(32,33)34)20-36(26)29-8-6-5-7-28(29)30(37)35-19-22-9-17-27(18-10-22)41(38,39)4-2/h5-12,14-15,17-18,24,26H,3-4,13,16,19-21H2,1-2H3,(H,35,37)/t24?,26-/m0/s1. The Hall–Kier alpha value is -3.37. The van der Waals surface area contributed by atoms with Gasteiger partial charge in [0.2, 0.25) is 0 Å². The number of hydrogen-bond donors (Lipinski definition) is 1. The number of hydrogen-bond acceptors (Lipinski definition) is 5. The highest BCUT2D eigenvalue weighted by Crippen LogP contribution is 2.36. The zero-order valence-corrected chi connectivity index (χ0v) is 24.0. The first-order valence-corrected chi connectivity index (χ1v) is 15.4. The average molecular weight is 589 g/mol. The highest BCUT2D eigenvalue weighted by molar-refractivity contribution is 7.91. The predicted octanol–water partition coefficient (Wildman–Crippen LogP) is 6.22. The molecule has 0 aromatic heterocycles. The zero-order valence-electron chi connectivity index (χ0n) is 23.2. The van der Waals surface area contributed by atoms with Crippen molar-refractivity contribution in [2.24, 2.45) is 0 Å². The molecule has 1 unspecified atom stereocenters. The van der Waals surface area contributed by atoms with E-state index in [1.807, 2.05) is 19.1 Å². The van der Waals surface area contributed by atoms with Crippen molar-refractivity contribution in [3.05, 3.63) is 95.1 Å². The zero-order chi connectivity index (χ0) is 29.6. The summed E-state index contributed by atoms with van der Waals surface area (Å²) in [5.41, 5.74) is 2.13. The summed E-state index contributed by atoms with van der Waals surface area (Å²) in [7, 11) is -3.31. The van der Waals surface area contributed by atoms with E-state index in [1.165, 1.54) is 0 Å². The quantitative estimate of drug-likeness (QED) is 0.305. The van der Waals surface area contributed by atoms with Crippen LogP contribution in [0, 0.1) is 0 Å². The maximum atomic E-state index is 13.4. The molecule has 0 radical (unpaired) electrons. The van der Waals surface area contributed by atoms with Crippen molar-refractivity contribution < 1.29 is 31.1 Å². The number of amides is 1. The molecule has 1 fully saturated rings. The van der Waals surface area contributed by atoms with Gasteiger partial charge in [-0.3, -0.25) is 4.79 Å². The van der Waals surface area contributed by atoms with Gasteiger partial charge in [-0.15, -0.1) is 0 Å². The summed E-state index contributed by atoms with van der Waals surface area (Å²) >= 11 is 0. The monoisotopic (exact) mass is 588 g/mol. The minimum absolute atomic E-state index is 0.00246. The van der Waals surface area contributed by atoms with Gasteiger partial charge < -0.3 is 15.0 Å². The lowest BCUT2D eigenvalue weighted by atomic mass is 9.86. The molecular weight excluding hydrogens is 553 g/mol. The Labute approximate surface area is 239 Å². The number of nitrogens with one attached hydrogen (secondary N) is 1. The summed E-state index contributed by atoms with van der Waals surface area (Å²) in [5, 5.41) is 2.94. The molecule has 0 bridgehead atoms. The van der Waals surface area contributed by atoms with Crippen molar-refractivity contribution in [1.29, 1.82) is 0 Å². The lowest BCUT2D eigenvalue weighted by molar-refractivity contribution is -0.137. The van der Waals surface area contributed by atoms with Crippen LogP contribution in [-0.2, 0) is 27.3 Å². The van der Waals surface area contributed by atoms with Gasteiger partial charge in [0.05, 0.1) is 34.4 Å². The maximum absolute atomic E-state index is 13.4. The fraction of sp³-hybridized carbons (Fsp3) is 0.387. The van der Waals surface area contributed by atoms with E-state index in [9.17, 15) is 26.4 Å². The second-order valence-corrected chi connectivity index (χ2v) is 12.4. The van der Waals surface area contributed by atoms with Crippen LogP contribution in [0.2, 0.25) is 0 Å². The fourth-order valence-electron chi connectivity index (χ4n) is 5.14. The van der Waals surface area contributed by atoms with Crippen molar-refractivity contribution in [3.8, 4) is 0 Å². The molecule has 1 heterocycles.